The van der Waals surface area contributed by atoms with Gasteiger partial charge < -0.3 is 10.2 Å². The van der Waals surface area contributed by atoms with E-state index in [-0.39, 0.29) is 6.04 Å². The van der Waals surface area contributed by atoms with Crippen LogP contribution >= 0.6 is 0 Å². The van der Waals surface area contributed by atoms with Crippen molar-refractivity contribution >= 4 is 5.84 Å². The van der Waals surface area contributed by atoms with Gasteiger partial charge in [-0.2, -0.15) is 0 Å². The van der Waals surface area contributed by atoms with Gasteiger partial charge in [0.2, 0.25) is 0 Å². The fraction of sp³-hybridized carbons (Fsp3) is 0.250. The number of hydrogen-bond donors (Lipinski definition) is 1. The zero-order valence-electron chi connectivity index (χ0n) is 16.0. The summed E-state index contributed by atoms with van der Waals surface area (Å²) >= 11 is 0. The Morgan fingerprint density at radius 1 is 0.893 bits per heavy atom. The molecule has 4 rings (SSSR count). The van der Waals surface area contributed by atoms with Crippen LogP contribution in [0.25, 0.3) is 0 Å². The first kappa shape index (κ1) is 18.4. The van der Waals surface area contributed by atoms with Gasteiger partial charge in [-0.3, -0.25) is 9.98 Å². The number of nitrogens with one attached hydrogen (secondary N) is 1. The van der Waals surface area contributed by atoms with E-state index >= 15 is 0 Å². The van der Waals surface area contributed by atoms with E-state index in [0.29, 0.717) is 6.54 Å². The van der Waals surface area contributed by atoms with Crippen LogP contribution in [0, 0.1) is 0 Å². The first-order valence-electron chi connectivity index (χ1n) is 9.90. The number of benzene rings is 2. The maximum Gasteiger partial charge on any atom is 0.121 e. The molecule has 3 aromatic rings. The Morgan fingerprint density at radius 3 is 2.36 bits per heavy atom. The van der Waals surface area contributed by atoms with Crippen molar-refractivity contribution in [2.45, 2.75) is 25.6 Å². The lowest BCUT2D eigenvalue weighted by atomic mass is 10.0. The zero-order valence-corrected chi connectivity index (χ0v) is 16.0. The molecule has 0 radical (unpaired) electrons. The summed E-state index contributed by atoms with van der Waals surface area (Å²) in [6, 6.07) is 25.5. The van der Waals surface area contributed by atoms with Crippen LogP contribution in [0.4, 0.5) is 0 Å². The van der Waals surface area contributed by atoms with Gasteiger partial charge >= 0.3 is 0 Å². The molecule has 0 spiro atoms. The van der Waals surface area contributed by atoms with Crippen LogP contribution in [0.1, 0.15) is 29.2 Å². The molecule has 0 bridgehead atoms. The Morgan fingerprint density at radius 2 is 1.61 bits per heavy atom. The maximum atomic E-state index is 5.10. The molecule has 1 saturated heterocycles. The fourth-order valence-corrected chi connectivity index (χ4v) is 3.63. The highest BCUT2D eigenvalue weighted by Gasteiger charge is 2.26. The topological polar surface area (TPSA) is 40.5 Å². The van der Waals surface area contributed by atoms with E-state index in [2.05, 4.69) is 75.9 Å². The Bertz CT molecular complexity index is 878. The number of nitrogens with zero attached hydrogens (tertiary/aromatic N) is 3. The Kier molecular flexibility index (Phi) is 6.10. The highest BCUT2D eigenvalue weighted by molar-refractivity contribution is 5.89. The van der Waals surface area contributed by atoms with Crippen LogP contribution in [0.15, 0.2) is 90.2 Å². The van der Waals surface area contributed by atoms with Crippen molar-refractivity contribution in [3.8, 4) is 0 Å². The predicted molar refractivity (Wildman–Crippen MR) is 114 cm³/mol. The van der Waals surface area contributed by atoms with Crippen molar-refractivity contribution in [2.24, 2.45) is 4.99 Å². The van der Waals surface area contributed by atoms with Crippen molar-refractivity contribution in [1.82, 2.24) is 15.2 Å². The van der Waals surface area contributed by atoms with Crippen LogP contribution in [0.5, 0.6) is 0 Å². The van der Waals surface area contributed by atoms with Crippen LogP contribution in [0.2, 0.25) is 0 Å². The molecule has 1 aliphatic heterocycles. The van der Waals surface area contributed by atoms with E-state index in [1.54, 1.807) is 0 Å². The second-order valence-electron chi connectivity index (χ2n) is 7.09. The molecule has 1 unspecified atom stereocenters. The van der Waals surface area contributed by atoms with Crippen molar-refractivity contribution in [3.63, 3.8) is 0 Å². The first-order valence-corrected chi connectivity index (χ1v) is 9.90. The summed E-state index contributed by atoms with van der Waals surface area (Å²) in [6.07, 6.45) is 4.76. The van der Waals surface area contributed by atoms with Gasteiger partial charge in [-0.15, -0.1) is 0 Å². The quantitative estimate of drug-likeness (QED) is 0.731. The SMILES string of the molecule is c1ccc(CN2CCCNC(c3ccccc3)/C2=N/Cc2ccncc2)cc1. The van der Waals surface area contributed by atoms with Crippen LogP contribution in [0.3, 0.4) is 0 Å². The number of aromatic nitrogens is 1. The lowest BCUT2D eigenvalue weighted by Crippen LogP contribution is -2.37. The third kappa shape index (κ3) is 4.65. The molecule has 2 aromatic carbocycles. The van der Waals surface area contributed by atoms with E-state index in [9.17, 15) is 0 Å². The second kappa shape index (κ2) is 9.29. The molecule has 4 heteroatoms. The largest absolute Gasteiger partial charge is 0.354 e. The van der Waals surface area contributed by atoms with E-state index in [1.165, 1.54) is 16.7 Å². The van der Waals surface area contributed by atoms with Gasteiger partial charge in [0, 0.05) is 25.5 Å². The maximum absolute atomic E-state index is 5.10. The molecule has 1 aromatic heterocycles. The minimum absolute atomic E-state index is 0.106. The minimum Gasteiger partial charge on any atom is -0.354 e. The molecule has 1 N–H and O–H groups in total. The lowest BCUT2D eigenvalue weighted by Gasteiger charge is -2.29. The number of aliphatic imine (C=N–C) groups is 1. The minimum atomic E-state index is 0.106. The van der Waals surface area contributed by atoms with Gasteiger partial charge in [0.05, 0.1) is 12.6 Å². The van der Waals surface area contributed by atoms with Gasteiger partial charge in [-0.25, -0.2) is 0 Å². The number of amidine groups is 1. The lowest BCUT2D eigenvalue weighted by molar-refractivity contribution is 0.408. The van der Waals surface area contributed by atoms with Crippen molar-refractivity contribution in [1.29, 1.82) is 0 Å². The molecule has 4 nitrogen and oxygen atoms in total. The van der Waals surface area contributed by atoms with E-state index in [1.807, 2.05) is 24.5 Å². The average Bonchev–Trinajstić information content (AvgIpc) is 2.96. The molecule has 1 atom stereocenters. The van der Waals surface area contributed by atoms with Gasteiger partial charge in [0.15, 0.2) is 0 Å². The highest BCUT2D eigenvalue weighted by atomic mass is 15.2. The summed E-state index contributed by atoms with van der Waals surface area (Å²) in [5.74, 6) is 1.12. The Labute approximate surface area is 167 Å². The van der Waals surface area contributed by atoms with E-state index in [4.69, 9.17) is 4.99 Å². The van der Waals surface area contributed by atoms with Crippen LogP contribution in [-0.2, 0) is 13.1 Å². The molecule has 142 valence electrons. The van der Waals surface area contributed by atoms with E-state index in [0.717, 1.165) is 31.9 Å². The smallest absolute Gasteiger partial charge is 0.121 e. The third-order valence-electron chi connectivity index (χ3n) is 5.06. The summed E-state index contributed by atoms with van der Waals surface area (Å²) in [4.78, 5) is 11.7. The summed E-state index contributed by atoms with van der Waals surface area (Å²) in [5.41, 5.74) is 3.75. The van der Waals surface area contributed by atoms with Crippen molar-refractivity contribution < 1.29 is 0 Å². The van der Waals surface area contributed by atoms with Gasteiger partial charge in [-0.05, 0) is 41.8 Å². The van der Waals surface area contributed by atoms with Crippen LogP contribution < -0.4 is 5.32 Å². The summed E-state index contributed by atoms with van der Waals surface area (Å²) in [5, 5.41) is 3.72. The fourth-order valence-electron chi connectivity index (χ4n) is 3.63. The normalized spacial score (nSPS) is 18.8. The molecular formula is C24H26N4. The number of rotatable bonds is 5. The number of pyridine rings is 1. The molecular weight excluding hydrogens is 344 g/mol. The molecule has 0 saturated carbocycles. The zero-order chi connectivity index (χ0) is 19.0. The molecule has 1 fully saturated rings. The van der Waals surface area contributed by atoms with E-state index < -0.39 is 0 Å². The molecule has 28 heavy (non-hydrogen) atoms. The Balaban J connectivity index is 1.67. The average molecular weight is 371 g/mol. The summed E-state index contributed by atoms with van der Waals surface area (Å²) < 4.78 is 0. The highest BCUT2D eigenvalue weighted by Crippen LogP contribution is 2.22. The molecule has 1 aliphatic rings. The Hall–Kier alpha value is -2.98. The predicted octanol–water partition coefficient (Wildman–Crippen LogP) is 4.22. The first-order chi connectivity index (χ1) is 13.9. The summed E-state index contributed by atoms with van der Waals surface area (Å²) in [6.45, 7) is 3.52. The molecule has 2 heterocycles. The molecule has 0 amide bonds. The molecule has 0 aliphatic carbocycles. The van der Waals surface area contributed by atoms with Gasteiger partial charge in [0.25, 0.3) is 0 Å². The standard InChI is InChI=1S/C24H26N4/c1-3-8-21(9-4-1)19-28-17-7-14-26-23(22-10-5-2-6-11-22)24(28)27-18-20-12-15-25-16-13-20/h1-6,8-13,15-16,23,26H,7,14,17-19H2/b27-24-. The monoisotopic (exact) mass is 370 g/mol. The van der Waals surface area contributed by atoms with Gasteiger partial charge in [-0.1, -0.05) is 60.7 Å². The second-order valence-corrected chi connectivity index (χ2v) is 7.09. The number of hydrogen-bond acceptors (Lipinski definition) is 3. The van der Waals surface area contributed by atoms with Crippen LogP contribution in [-0.4, -0.2) is 28.8 Å². The van der Waals surface area contributed by atoms with Crippen molar-refractivity contribution in [2.75, 3.05) is 13.1 Å². The van der Waals surface area contributed by atoms with Crippen molar-refractivity contribution in [3.05, 3.63) is 102 Å². The third-order valence-corrected chi connectivity index (χ3v) is 5.06. The van der Waals surface area contributed by atoms with Gasteiger partial charge in [0.1, 0.15) is 5.84 Å². The summed E-state index contributed by atoms with van der Waals surface area (Å²) in [7, 11) is 0.